The molecule has 4 heteroatoms. The maximum Gasteiger partial charge on any atom is 0.327 e. The van der Waals surface area contributed by atoms with E-state index in [4.69, 9.17) is 0 Å². The number of nitrogens with zero attached hydrogens (tertiary/aromatic N) is 2. The molecule has 0 aromatic carbocycles. The number of unbranched alkanes of at least 4 members (excludes halogenated alkanes) is 6. The summed E-state index contributed by atoms with van der Waals surface area (Å²) in [6.07, 6.45) is 11.9. The molecule has 0 radical (unpaired) electrons. The van der Waals surface area contributed by atoms with Gasteiger partial charge in [-0.25, -0.2) is 4.79 Å². The predicted molar refractivity (Wildman–Crippen MR) is 86.2 cm³/mol. The van der Waals surface area contributed by atoms with Crippen LogP contribution in [0.25, 0.3) is 0 Å². The molecule has 1 fully saturated rings. The van der Waals surface area contributed by atoms with E-state index in [-0.39, 0.29) is 24.5 Å². The van der Waals surface area contributed by atoms with Gasteiger partial charge in [-0.1, -0.05) is 65.2 Å². The minimum Gasteiger partial charge on any atom is -0.312 e. The molecular weight excluding hydrogens is 264 g/mol. The van der Waals surface area contributed by atoms with E-state index < -0.39 is 0 Å². The zero-order valence-electron chi connectivity index (χ0n) is 14.1. The number of hydrogen-bond donors (Lipinski definition) is 0. The Kier molecular flexibility index (Phi) is 8.40. The normalized spacial score (nSPS) is 16.9. The van der Waals surface area contributed by atoms with Crippen molar-refractivity contribution in [2.75, 3.05) is 13.6 Å². The molecular formula is C17H32N2O2. The molecule has 122 valence electrons. The van der Waals surface area contributed by atoms with Gasteiger partial charge in [-0.05, 0) is 12.8 Å². The van der Waals surface area contributed by atoms with Crippen LogP contribution in [-0.4, -0.2) is 41.4 Å². The van der Waals surface area contributed by atoms with Crippen molar-refractivity contribution in [2.24, 2.45) is 0 Å². The topological polar surface area (TPSA) is 40.6 Å². The van der Waals surface area contributed by atoms with Crippen LogP contribution in [-0.2, 0) is 4.79 Å². The van der Waals surface area contributed by atoms with Gasteiger partial charge in [0.1, 0.15) is 6.54 Å². The van der Waals surface area contributed by atoms with Gasteiger partial charge in [-0.2, -0.15) is 0 Å². The van der Waals surface area contributed by atoms with E-state index in [1.165, 1.54) is 49.8 Å². The van der Waals surface area contributed by atoms with Gasteiger partial charge in [0.25, 0.3) is 0 Å². The quantitative estimate of drug-likeness (QED) is 0.424. The van der Waals surface area contributed by atoms with Gasteiger partial charge in [-0.15, -0.1) is 0 Å². The molecule has 0 N–H and O–H groups in total. The fourth-order valence-electron chi connectivity index (χ4n) is 2.97. The fraction of sp³-hybridized carbons (Fsp3) is 0.882. The second kappa shape index (κ2) is 9.80. The van der Waals surface area contributed by atoms with Gasteiger partial charge in [0.2, 0.25) is 5.91 Å². The third-order valence-corrected chi connectivity index (χ3v) is 4.43. The number of hydrogen-bond acceptors (Lipinski definition) is 2. The standard InChI is InChI=1S/C17H32N2O2/c1-4-6-8-9-11-13-15(12-10-7-5-2)19-14-16(20)18(3)17(19)21/h15H,4-14H2,1-3H3. The van der Waals surface area contributed by atoms with Crippen molar-refractivity contribution in [3.05, 3.63) is 0 Å². The molecule has 0 aliphatic carbocycles. The van der Waals surface area contributed by atoms with Crippen molar-refractivity contribution in [1.82, 2.24) is 9.80 Å². The van der Waals surface area contributed by atoms with Crippen molar-refractivity contribution in [3.63, 3.8) is 0 Å². The van der Waals surface area contributed by atoms with Crippen molar-refractivity contribution >= 4 is 11.9 Å². The Balaban J connectivity index is 2.47. The summed E-state index contributed by atoms with van der Waals surface area (Å²) in [6, 6.07) is 0.148. The summed E-state index contributed by atoms with van der Waals surface area (Å²) in [6.45, 7) is 4.69. The Morgan fingerprint density at radius 2 is 1.43 bits per heavy atom. The number of rotatable bonds is 11. The van der Waals surface area contributed by atoms with E-state index in [0.29, 0.717) is 0 Å². The molecule has 0 aromatic heterocycles. The van der Waals surface area contributed by atoms with Crippen molar-refractivity contribution in [1.29, 1.82) is 0 Å². The summed E-state index contributed by atoms with van der Waals surface area (Å²) in [7, 11) is 1.59. The number of urea groups is 1. The Bertz CT molecular complexity index is 331. The van der Waals surface area contributed by atoms with Crippen LogP contribution in [0.1, 0.15) is 78.1 Å². The number of carbonyl (C=O) groups is 2. The Morgan fingerprint density at radius 1 is 0.905 bits per heavy atom. The van der Waals surface area contributed by atoms with Gasteiger partial charge >= 0.3 is 6.03 Å². The first kappa shape index (κ1) is 18.0. The van der Waals surface area contributed by atoms with Crippen LogP contribution in [0.15, 0.2) is 0 Å². The highest BCUT2D eigenvalue weighted by Crippen LogP contribution is 2.22. The largest absolute Gasteiger partial charge is 0.327 e. The number of likely N-dealkylation sites (N-methyl/N-ethyl adjacent to an activating group) is 1. The Hall–Kier alpha value is -1.06. The van der Waals surface area contributed by atoms with E-state index in [1.54, 1.807) is 11.9 Å². The molecule has 1 heterocycles. The van der Waals surface area contributed by atoms with E-state index in [2.05, 4.69) is 13.8 Å². The average Bonchev–Trinajstić information content (AvgIpc) is 2.73. The lowest BCUT2D eigenvalue weighted by atomic mass is 10.00. The maximum atomic E-state index is 12.2. The first-order valence-corrected chi connectivity index (χ1v) is 8.68. The third kappa shape index (κ3) is 5.68. The highest BCUT2D eigenvalue weighted by Gasteiger charge is 2.36. The minimum absolute atomic E-state index is 0.0634. The predicted octanol–water partition coefficient (Wildman–Crippen LogP) is 4.19. The molecule has 1 unspecified atom stereocenters. The Labute approximate surface area is 129 Å². The summed E-state index contributed by atoms with van der Waals surface area (Å²) in [4.78, 5) is 26.9. The van der Waals surface area contributed by atoms with E-state index in [1.807, 2.05) is 0 Å². The molecule has 21 heavy (non-hydrogen) atoms. The van der Waals surface area contributed by atoms with Gasteiger partial charge < -0.3 is 4.90 Å². The molecule has 1 aliphatic heterocycles. The van der Waals surface area contributed by atoms with Crippen LogP contribution in [0.3, 0.4) is 0 Å². The monoisotopic (exact) mass is 296 g/mol. The third-order valence-electron chi connectivity index (χ3n) is 4.43. The summed E-state index contributed by atoms with van der Waals surface area (Å²) in [5.41, 5.74) is 0. The van der Waals surface area contributed by atoms with E-state index >= 15 is 0 Å². The second-order valence-corrected chi connectivity index (χ2v) is 6.22. The maximum absolute atomic E-state index is 12.2. The summed E-state index contributed by atoms with van der Waals surface area (Å²) in [5.74, 6) is -0.0634. The molecule has 1 aliphatic rings. The number of amides is 3. The lowest BCUT2D eigenvalue weighted by Gasteiger charge is -2.27. The first-order chi connectivity index (χ1) is 10.1. The number of imide groups is 1. The second-order valence-electron chi connectivity index (χ2n) is 6.22. The van der Waals surface area contributed by atoms with Gasteiger partial charge in [0, 0.05) is 13.1 Å². The summed E-state index contributed by atoms with van der Waals surface area (Å²) >= 11 is 0. The SMILES string of the molecule is CCCCCCCC(CCCCC)N1CC(=O)N(C)C1=O. The molecule has 1 saturated heterocycles. The lowest BCUT2D eigenvalue weighted by Crippen LogP contribution is -2.38. The zero-order chi connectivity index (χ0) is 15.7. The summed E-state index contributed by atoms with van der Waals surface area (Å²) in [5, 5.41) is 0. The van der Waals surface area contributed by atoms with Crippen LogP contribution >= 0.6 is 0 Å². The molecule has 3 amide bonds. The van der Waals surface area contributed by atoms with Crippen molar-refractivity contribution in [2.45, 2.75) is 84.1 Å². The molecule has 0 spiro atoms. The minimum atomic E-state index is -0.102. The lowest BCUT2D eigenvalue weighted by molar-refractivity contribution is -0.124. The molecule has 1 atom stereocenters. The fourth-order valence-corrected chi connectivity index (χ4v) is 2.97. The van der Waals surface area contributed by atoms with Gasteiger partial charge in [0.05, 0.1) is 0 Å². The van der Waals surface area contributed by atoms with E-state index in [0.717, 1.165) is 19.3 Å². The molecule has 1 rings (SSSR count). The van der Waals surface area contributed by atoms with Crippen LogP contribution in [0.2, 0.25) is 0 Å². The number of carbonyl (C=O) groups excluding carboxylic acids is 2. The molecule has 4 nitrogen and oxygen atoms in total. The Morgan fingerprint density at radius 3 is 1.95 bits per heavy atom. The summed E-state index contributed by atoms with van der Waals surface area (Å²) < 4.78 is 0. The first-order valence-electron chi connectivity index (χ1n) is 8.68. The van der Waals surface area contributed by atoms with Crippen molar-refractivity contribution < 1.29 is 9.59 Å². The highest BCUT2D eigenvalue weighted by molar-refractivity contribution is 6.01. The van der Waals surface area contributed by atoms with Crippen molar-refractivity contribution in [3.8, 4) is 0 Å². The van der Waals surface area contributed by atoms with Crippen LogP contribution in [0.5, 0.6) is 0 Å². The zero-order valence-corrected chi connectivity index (χ0v) is 14.1. The molecule has 0 aromatic rings. The highest BCUT2D eigenvalue weighted by atomic mass is 16.2. The van der Waals surface area contributed by atoms with Crippen LogP contribution in [0, 0.1) is 0 Å². The van der Waals surface area contributed by atoms with Crippen LogP contribution in [0.4, 0.5) is 4.79 Å². The van der Waals surface area contributed by atoms with Gasteiger partial charge in [-0.3, -0.25) is 9.69 Å². The smallest absolute Gasteiger partial charge is 0.312 e. The van der Waals surface area contributed by atoms with E-state index in [9.17, 15) is 9.59 Å². The van der Waals surface area contributed by atoms with Crippen LogP contribution < -0.4 is 0 Å². The average molecular weight is 296 g/mol. The molecule has 0 saturated carbocycles. The van der Waals surface area contributed by atoms with Gasteiger partial charge in [0.15, 0.2) is 0 Å². The molecule has 0 bridgehead atoms.